The van der Waals surface area contributed by atoms with Gasteiger partial charge in [0.15, 0.2) is 11.5 Å². The molecule has 0 bridgehead atoms. The van der Waals surface area contributed by atoms with Crippen molar-refractivity contribution in [1.29, 1.82) is 0 Å². The van der Waals surface area contributed by atoms with Gasteiger partial charge in [-0.3, -0.25) is 0 Å². The topological polar surface area (TPSA) is 58.9 Å². The van der Waals surface area contributed by atoms with Crippen LogP contribution in [0.3, 0.4) is 0 Å². The highest BCUT2D eigenvalue weighted by molar-refractivity contribution is 5.43. The Morgan fingerprint density at radius 2 is 1.78 bits per heavy atom. The Morgan fingerprint density at radius 3 is 2.28 bits per heavy atom. The lowest BCUT2D eigenvalue weighted by atomic mass is 10.1. The average molecular weight is 254 g/mol. The van der Waals surface area contributed by atoms with E-state index in [0.717, 1.165) is 5.56 Å². The van der Waals surface area contributed by atoms with Gasteiger partial charge >= 0.3 is 0 Å². The second kappa shape index (κ2) is 6.61. The molecule has 0 aliphatic heterocycles. The fraction of sp³-hybridized carbons (Fsp3) is 0.571. The lowest BCUT2D eigenvalue weighted by Crippen LogP contribution is -2.23. The Labute approximate surface area is 108 Å². The number of hydrogen-bond donors (Lipinski definition) is 2. The summed E-state index contributed by atoms with van der Waals surface area (Å²) in [6.07, 6.45) is -1.06. The second-order valence-electron chi connectivity index (χ2n) is 4.71. The number of methoxy groups -OCH3 is 1. The van der Waals surface area contributed by atoms with Crippen molar-refractivity contribution < 1.29 is 19.7 Å². The van der Waals surface area contributed by atoms with E-state index in [1.807, 2.05) is 13.8 Å². The van der Waals surface area contributed by atoms with E-state index in [4.69, 9.17) is 9.47 Å². The summed E-state index contributed by atoms with van der Waals surface area (Å²) in [6.45, 7) is 5.78. The number of rotatable bonds is 6. The number of aliphatic hydroxyl groups is 2. The smallest absolute Gasteiger partial charge is 0.161 e. The Balaban J connectivity index is 2.77. The van der Waals surface area contributed by atoms with Gasteiger partial charge in [0.1, 0.15) is 6.61 Å². The molecule has 0 fully saturated rings. The number of hydrogen-bond acceptors (Lipinski definition) is 4. The molecular weight excluding hydrogens is 232 g/mol. The molecule has 102 valence electrons. The molecule has 0 saturated carbocycles. The normalized spacial score (nSPS) is 14.4. The molecule has 0 spiro atoms. The highest BCUT2D eigenvalue weighted by atomic mass is 16.5. The molecule has 0 aromatic heterocycles. The standard InChI is InChI=1S/C14H22O4/c1-9(2)12(16)8-18-13-6-5-11(10(3)15)7-14(13)17-4/h5-7,9-10,12,15-16H,8H2,1-4H3/t10-,12?/m0/s1. The van der Waals surface area contributed by atoms with Crippen LogP contribution in [-0.2, 0) is 0 Å². The quantitative estimate of drug-likeness (QED) is 0.816. The molecule has 0 aliphatic carbocycles. The van der Waals surface area contributed by atoms with Crippen molar-refractivity contribution in [2.45, 2.75) is 33.0 Å². The van der Waals surface area contributed by atoms with Crippen molar-refractivity contribution in [1.82, 2.24) is 0 Å². The van der Waals surface area contributed by atoms with Gasteiger partial charge in [0, 0.05) is 0 Å². The summed E-state index contributed by atoms with van der Waals surface area (Å²) in [5, 5.41) is 19.2. The third kappa shape index (κ3) is 3.89. The molecule has 1 unspecified atom stereocenters. The van der Waals surface area contributed by atoms with Crippen molar-refractivity contribution in [2.75, 3.05) is 13.7 Å². The molecule has 0 heterocycles. The first-order valence-electron chi connectivity index (χ1n) is 6.12. The van der Waals surface area contributed by atoms with Crippen LogP contribution in [0.1, 0.15) is 32.4 Å². The third-order valence-corrected chi connectivity index (χ3v) is 2.85. The zero-order valence-corrected chi connectivity index (χ0v) is 11.4. The Kier molecular flexibility index (Phi) is 5.44. The lowest BCUT2D eigenvalue weighted by molar-refractivity contribution is 0.0689. The van der Waals surface area contributed by atoms with E-state index >= 15 is 0 Å². The van der Waals surface area contributed by atoms with Gasteiger partial charge in [-0.15, -0.1) is 0 Å². The summed E-state index contributed by atoms with van der Waals surface area (Å²) in [6, 6.07) is 5.26. The largest absolute Gasteiger partial charge is 0.493 e. The fourth-order valence-corrected chi connectivity index (χ4v) is 1.43. The lowest BCUT2D eigenvalue weighted by Gasteiger charge is -2.17. The monoisotopic (exact) mass is 254 g/mol. The van der Waals surface area contributed by atoms with Crippen LogP contribution in [0.5, 0.6) is 11.5 Å². The zero-order valence-electron chi connectivity index (χ0n) is 11.4. The fourth-order valence-electron chi connectivity index (χ4n) is 1.43. The number of aliphatic hydroxyl groups excluding tert-OH is 2. The minimum atomic E-state index is -0.547. The van der Waals surface area contributed by atoms with Gasteiger partial charge in [0.05, 0.1) is 19.3 Å². The summed E-state index contributed by atoms with van der Waals surface area (Å²) in [5.41, 5.74) is 0.767. The van der Waals surface area contributed by atoms with Gasteiger partial charge < -0.3 is 19.7 Å². The molecule has 2 N–H and O–H groups in total. The Hall–Kier alpha value is -1.26. The maximum atomic E-state index is 9.69. The van der Waals surface area contributed by atoms with Crippen LogP contribution in [-0.4, -0.2) is 30.0 Å². The van der Waals surface area contributed by atoms with Crippen LogP contribution in [0.2, 0.25) is 0 Å². The first-order valence-corrected chi connectivity index (χ1v) is 6.12. The van der Waals surface area contributed by atoms with Gasteiger partial charge in [-0.1, -0.05) is 19.9 Å². The van der Waals surface area contributed by atoms with E-state index in [9.17, 15) is 10.2 Å². The molecule has 1 rings (SSSR count). The molecule has 4 nitrogen and oxygen atoms in total. The molecule has 1 aromatic rings. The molecule has 0 amide bonds. The maximum absolute atomic E-state index is 9.69. The summed E-state index contributed by atoms with van der Waals surface area (Å²) in [5.74, 6) is 1.28. The van der Waals surface area contributed by atoms with E-state index in [-0.39, 0.29) is 12.5 Å². The SMILES string of the molecule is COc1cc([C@H](C)O)ccc1OCC(O)C(C)C. The minimum absolute atomic E-state index is 0.146. The average Bonchev–Trinajstić information content (AvgIpc) is 2.35. The van der Waals surface area contributed by atoms with Crippen molar-refractivity contribution in [3.05, 3.63) is 23.8 Å². The highest BCUT2D eigenvalue weighted by Crippen LogP contribution is 2.30. The van der Waals surface area contributed by atoms with Crippen LogP contribution in [0.25, 0.3) is 0 Å². The van der Waals surface area contributed by atoms with Gasteiger partial charge in [-0.05, 0) is 30.5 Å². The number of ether oxygens (including phenoxy) is 2. The number of benzene rings is 1. The summed E-state index contributed by atoms with van der Waals surface area (Å²) in [4.78, 5) is 0. The zero-order chi connectivity index (χ0) is 13.7. The summed E-state index contributed by atoms with van der Waals surface area (Å²) >= 11 is 0. The molecule has 18 heavy (non-hydrogen) atoms. The molecule has 0 radical (unpaired) electrons. The van der Waals surface area contributed by atoms with Crippen LogP contribution >= 0.6 is 0 Å². The van der Waals surface area contributed by atoms with E-state index < -0.39 is 12.2 Å². The Bertz CT molecular complexity index is 374. The van der Waals surface area contributed by atoms with E-state index in [2.05, 4.69) is 0 Å². The molecule has 0 saturated heterocycles. The van der Waals surface area contributed by atoms with E-state index in [1.165, 1.54) is 0 Å². The highest BCUT2D eigenvalue weighted by Gasteiger charge is 2.13. The first kappa shape index (κ1) is 14.8. The second-order valence-corrected chi connectivity index (χ2v) is 4.71. The molecule has 0 aliphatic rings. The van der Waals surface area contributed by atoms with Crippen LogP contribution in [0, 0.1) is 5.92 Å². The molecular formula is C14H22O4. The van der Waals surface area contributed by atoms with Gasteiger partial charge in [-0.2, -0.15) is 0 Å². The maximum Gasteiger partial charge on any atom is 0.161 e. The predicted molar refractivity (Wildman–Crippen MR) is 70.0 cm³/mol. The molecule has 1 aromatic carbocycles. The molecule has 2 atom stereocenters. The van der Waals surface area contributed by atoms with Crippen LogP contribution in [0.4, 0.5) is 0 Å². The van der Waals surface area contributed by atoms with Crippen molar-refractivity contribution in [2.24, 2.45) is 5.92 Å². The van der Waals surface area contributed by atoms with E-state index in [1.54, 1.807) is 32.2 Å². The third-order valence-electron chi connectivity index (χ3n) is 2.85. The van der Waals surface area contributed by atoms with Crippen LogP contribution < -0.4 is 9.47 Å². The van der Waals surface area contributed by atoms with Crippen molar-refractivity contribution in [3.8, 4) is 11.5 Å². The van der Waals surface area contributed by atoms with Crippen LogP contribution in [0.15, 0.2) is 18.2 Å². The van der Waals surface area contributed by atoms with Crippen molar-refractivity contribution >= 4 is 0 Å². The summed E-state index contributed by atoms with van der Waals surface area (Å²) < 4.78 is 10.7. The summed E-state index contributed by atoms with van der Waals surface area (Å²) in [7, 11) is 1.55. The van der Waals surface area contributed by atoms with Gasteiger partial charge in [0.2, 0.25) is 0 Å². The van der Waals surface area contributed by atoms with Crippen molar-refractivity contribution in [3.63, 3.8) is 0 Å². The van der Waals surface area contributed by atoms with E-state index in [0.29, 0.717) is 11.5 Å². The molecule has 4 heteroatoms. The van der Waals surface area contributed by atoms with Gasteiger partial charge in [-0.25, -0.2) is 0 Å². The van der Waals surface area contributed by atoms with Gasteiger partial charge in [0.25, 0.3) is 0 Å². The predicted octanol–water partition coefficient (Wildman–Crippen LogP) is 2.14. The minimum Gasteiger partial charge on any atom is -0.493 e. The Morgan fingerprint density at radius 1 is 1.11 bits per heavy atom. The first-order chi connectivity index (χ1) is 8.45.